The molecule has 2 aliphatic rings. The first-order chi connectivity index (χ1) is 13.7. The second kappa shape index (κ2) is 8.52. The number of carbonyl (C=O) groups is 2. The van der Waals surface area contributed by atoms with E-state index < -0.39 is 0 Å². The van der Waals surface area contributed by atoms with Crippen molar-refractivity contribution in [1.82, 2.24) is 10.2 Å². The molecule has 2 amide bonds. The van der Waals surface area contributed by atoms with Crippen LogP contribution in [-0.4, -0.2) is 56.2 Å². The van der Waals surface area contributed by atoms with Crippen molar-refractivity contribution in [3.05, 3.63) is 28.8 Å². The average molecular weight is 423 g/mol. The van der Waals surface area contributed by atoms with E-state index in [2.05, 4.69) is 26.1 Å². The molecule has 6 nitrogen and oxygen atoms in total. The van der Waals surface area contributed by atoms with Gasteiger partial charge in [0.1, 0.15) is 5.75 Å². The lowest BCUT2D eigenvalue weighted by Crippen LogP contribution is -2.68. The summed E-state index contributed by atoms with van der Waals surface area (Å²) >= 11 is 6.06. The number of nitrogens with zero attached hydrogens (tertiary/aromatic N) is 1. The molecule has 0 bridgehead atoms. The standard InChI is InChI=1S/C22H31ClN2O4/c1-13-18(22(2,3)19(13)29-5)24-20(26)14-8-10-25(11-9-14)21(27)16-12-15(23)6-7-17(16)28-4/h6-7,12-14,18-19H,8-11H2,1-5H3,(H,24,26)/t13-,18+,19+/m0/s1. The van der Waals surface area contributed by atoms with E-state index in [0.717, 1.165) is 0 Å². The molecule has 1 N–H and O–H groups in total. The molecule has 160 valence electrons. The molecule has 29 heavy (non-hydrogen) atoms. The summed E-state index contributed by atoms with van der Waals surface area (Å²) < 4.78 is 10.9. The van der Waals surface area contributed by atoms with Crippen molar-refractivity contribution >= 4 is 23.4 Å². The minimum absolute atomic E-state index is 0.0788. The topological polar surface area (TPSA) is 67.9 Å². The molecule has 0 unspecified atom stereocenters. The van der Waals surface area contributed by atoms with E-state index in [4.69, 9.17) is 21.1 Å². The Hall–Kier alpha value is -1.79. The normalized spacial score (nSPS) is 26.6. The van der Waals surface area contributed by atoms with Crippen LogP contribution in [0.5, 0.6) is 5.75 Å². The Kier molecular flexibility index (Phi) is 6.44. The van der Waals surface area contributed by atoms with E-state index >= 15 is 0 Å². The third-order valence-corrected chi connectivity index (χ3v) is 6.87. The zero-order valence-corrected chi connectivity index (χ0v) is 18.6. The predicted molar refractivity (Wildman–Crippen MR) is 112 cm³/mol. The summed E-state index contributed by atoms with van der Waals surface area (Å²) in [5, 5.41) is 3.73. The maximum atomic E-state index is 12.9. The number of hydrogen-bond donors (Lipinski definition) is 1. The van der Waals surface area contributed by atoms with Crippen LogP contribution in [0.1, 0.15) is 44.0 Å². The monoisotopic (exact) mass is 422 g/mol. The van der Waals surface area contributed by atoms with E-state index in [1.165, 1.54) is 7.11 Å². The highest BCUT2D eigenvalue weighted by molar-refractivity contribution is 6.31. The number of ether oxygens (including phenoxy) is 2. The van der Waals surface area contributed by atoms with Gasteiger partial charge in [-0.15, -0.1) is 0 Å². The van der Waals surface area contributed by atoms with Crippen LogP contribution in [0.4, 0.5) is 0 Å². The molecule has 0 spiro atoms. The number of likely N-dealkylation sites (tertiary alicyclic amines) is 1. The summed E-state index contributed by atoms with van der Waals surface area (Å²) in [7, 11) is 3.26. The van der Waals surface area contributed by atoms with Gasteiger partial charge in [0.05, 0.1) is 18.8 Å². The lowest BCUT2D eigenvalue weighted by molar-refractivity contribution is -0.156. The first-order valence-electron chi connectivity index (χ1n) is 10.2. The van der Waals surface area contributed by atoms with Gasteiger partial charge in [-0.25, -0.2) is 0 Å². The Balaban J connectivity index is 1.57. The van der Waals surface area contributed by atoms with Crippen molar-refractivity contribution in [1.29, 1.82) is 0 Å². The molecule has 1 heterocycles. The van der Waals surface area contributed by atoms with Crippen LogP contribution in [0.25, 0.3) is 0 Å². The number of hydrogen-bond acceptors (Lipinski definition) is 4. The second-order valence-electron chi connectivity index (χ2n) is 8.73. The average Bonchev–Trinajstić information content (AvgIpc) is 2.71. The van der Waals surface area contributed by atoms with E-state index in [0.29, 0.717) is 42.3 Å². The van der Waals surface area contributed by atoms with Gasteiger partial charge in [-0.3, -0.25) is 9.59 Å². The number of carbonyl (C=O) groups excluding carboxylic acids is 2. The number of halogens is 1. The van der Waals surface area contributed by atoms with Gasteiger partial charge in [0.15, 0.2) is 0 Å². The van der Waals surface area contributed by atoms with Crippen molar-refractivity contribution in [3.63, 3.8) is 0 Å². The molecule has 1 aromatic rings. The Morgan fingerprint density at radius 3 is 2.41 bits per heavy atom. The number of amides is 2. The molecule has 1 aliphatic carbocycles. The van der Waals surface area contributed by atoms with Gasteiger partial charge in [0.2, 0.25) is 5.91 Å². The number of nitrogens with one attached hydrogen (secondary N) is 1. The maximum absolute atomic E-state index is 12.9. The fraction of sp³-hybridized carbons (Fsp3) is 0.636. The van der Waals surface area contributed by atoms with E-state index in [-0.39, 0.29) is 41.2 Å². The van der Waals surface area contributed by atoms with Crippen LogP contribution in [0.3, 0.4) is 0 Å². The zero-order valence-electron chi connectivity index (χ0n) is 17.8. The number of benzene rings is 1. The Bertz CT molecular complexity index is 774. The molecule has 3 rings (SSSR count). The first-order valence-corrected chi connectivity index (χ1v) is 10.5. The molecule has 1 aliphatic heterocycles. The number of rotatable bonds is 5. The van der Waals surface area contributed by atoms with E-state index in [9.17, 15) is 9.59 Å². The largest absolute Gasteiger partial charge is 0.496 e. The van der Waals surface area contributed by atoms with Crippen molar-refractivity contribution in [2.24, 2.45) is 17.3 Å². The molecular formula is C22H31ClN2O4. The molecule has 0 radical (unpaired) electrons. The predicted octanol–water partition coefficient (Wildman–Crippen LogP) is 3.38. The van der Waals surface area contributed by atoms with Gasteiger partial charge in [-0.1, -0.05) is 32.4 Å². The quantitative estimate of drug-likeness (QED) is 0.789. The fourth-order valence-electron chi connectivity index (χ4n) is 5.06. The summed E-state index contributed by atoms with van der Waals surface area (Å²) in [6.07, 6.45) is 1.45. The molecular weight excluding hydrogens is 392 g/mol. The van der Waals surface area contributed by atoms with Gasteiger partial charge in [-0.2, -0.15) is 0 Å². The summed E-state index contributed by atoms with van der Waals surface area (Å²) in [5.74, 6) is 0.686. The van der Waals surface area contributed by atoms with Crippen LogP contribution < -0.4 is 10.1 Å². The minimum Gasteiger partial charge on any atom is -0.496 e. The van der Waals surface area contributed by atoms with E-state index in [1.807, 2.05) is 0 Å². The molecule has 1 saturated carbocycles. The minimum atomic E-state index is -0.111. The van der Waals surface area contributed by atoms with Crippen LogP contribution in [-0.2, 0) is 9.53 Å². The summed E-state index contributed by atoms with van der Waals surface area (Å²) in [6.45, 7) is 7.45. The molecule has 2 fully saturated rings. The van der Waals surface area contributed by atoms with Gasteiger partial charge < -0.3 is 19.7 Å². The third kappa shape index (κ3) is 4.10. The Morgan fingerprint density at radius 2 is 1.86 bits per heavy atom. The highest BCUT2D eigenvalue weighted by atomic mass is 35.5. The molecule has 0 aromatic heterocycles. The highest BCUT2D eigenvalue weighted by Crippen LogP contribution is 2.47. The van der Waals surface area contributed by atoms with Crippen LogP contribution in [0.2, 0.25) is 5.02 Å². The van der Waals surface area contributed by atoms with Gasteiger partial charge in [0, 0.05) is 48.5 Å². The Labute approximate surface area is 177 Å². The molecule has 1 aromatic carbocycles. The van der Waals surface area contributed by atoms with E-state index in [1.54, 1.807) is 30.2 Å². The van der Waals surface area contributed by atoms with Gasteiger partial charge in [-0.05, 0) is 31.0 Å². The Morgan fingerprint density at radius 1 is 1.21 bits per heavy atom. The molecule has 3 atom stereocenters. The lowest BCUT2D eigenvalue weighted by Gasteiger charge is -2.56. The smallest absolute Gasteiger partial charge is 0.257 e. The number of piperidine rings is 1. The maximum Gasteiger partial charge on any atom is 0.257 e. The second-order valence-corrected chi connectivity index (χ2v) is 9.17. The van der Waals surface area contributed by atoms with Crippen LogP contribution in [0.15, 0.2) is 18.2 Å². The highest BCUT2D eigenvalue weighted by Gasteiger charge is 2.55. The third-order valence-electron chi connectivity index (χ3n) is 6.63. The summed E-state index contributed by atoms with van der Waals surface area (Å²) in [4.78, 5) is 27.5. The van der Waals surface area contributed by atoms with Crippen LogP contribution >= 0.6 is 11.6 Å². The van der Waals surface area contributed by atoms with Crippen LogP contribution in [0, 0.1) is 17.3 Å². The van der Waals surface area contributed by atoms with Crippen molar-refractivity contribution in [2.45, 2.75) is 45.8 Å². The molecule has 7 heteroatoms. The first kappa shape index (κ1) is 21.9. The number of methoxy groups -OCH3 is 2. The van der Waals surface area contributed by atoms with Gasteiger partial charge in [0.25, 0.3) is 5.91 Å². The van der Waals surface area contributed by atoms with Crippen molar-refractivity contribution in [3.8, 4) is 5.75 Å². The molecule has 1 saturated heterocycles. The van der Waals surface area contributed by atoms with Gasteiger partial charge >= 0.3 is 0 Å². The fourth-order valence-corrected chi connectivity index (χ4v) is 5.23. The zero-order chi connectivity index (χ0) is 21.3. The summed E-state index contributed by atoms with van der Waals surface area (Å²) in [6, 6.07) is 5.14. The SMILES string of the molecule is COc1ccc(Cl)cc1C(=O)N1CCC(C(=O)N[C@@H]2[C@H](C)[C@@H](OC)C2(C)C)CC1. The lowest BCUT2D eigenvalue weighted by atomic mass is 9.57. The summed E-state index contributed by atoms with van der Waals surface area (Å²) in [5.41, 5.74) is 0.377. The van der Waals surface area contributed by atoms with Crippen molar-refractivity contribution < 1.29 is 19.1 Å². The van der Waals surface area contributed by atoms with Crippen molar-refractivity contribution in [2.75, 3.05) is 27.3 Å².